The summed E-state index contributed by atoms with van der Waals surface area (Å²) >= 11 is 0. The number of halogens is 3. The number of ether oxygens (including phenoxy) is 2. The molecule has 2 aromatic heterocycles. The van der Waals surface area contributed by atoms with E-state index in [1.165, 1.54) is 4.68 Å². The maximum absolute atomic E-state index is 12.8. The maximum atomic E-state index is 12.8. The molecule has 1 unspecified atom stereocenters. The lowest BCUT2D eigenvalue weighted by Gasteiger charge is -2.09. The Morgan fingerprint density at radius 2 is 1.93 bits per heavy atom. The lowest BCUT2D eigenvalue weighted by molar-refractivity contribution is -0.141. The monoisotopic (exact) mass is 380 g/mol. The molecular weight excluding hydrogens is 365 g/mol. The van der Waals surface area contributed by atoms with E-state index in [2.05, 4.69) is 15.3 Å². The molecule has 1 aliphatic heterocycles. The van der Waals surface area contributed by atoms with Gasteiger partial charge in [-0.1, -0.05) is 6.92 Å². The van der Waals surface area contributed by atoms with Gasteiger partial charge in [0.1, 0.15) is 0 Å². The van der Waals surface area contributed by atoms with Crippen molar-refractivity contribution >= 4 is 0 Å². The van der Waals surface area contributed by atoms with Crippen LogP contribution in [0.15, 0.2) is 28.7 Å². The van der Waals surface area contributed by atoms with Crippen molar-refractivity contribution in [2.75, 3.05) is 6.79 Å². The summed E-state index contributed by atoms with van der Waals surface area (Å²) in [6.07, 6.45) is -4.48. The van der Waals surface area contributed by atoms with Crippen LogP contribution in [0.2, 0.25) is 0 Å². The number of benzene rings is 1. The highest BCUT2D eigenvalue weighted by molar-refractivity contribution is 5.60. The summed E-state index contributed by atoms with van der Waals surface area (Å²) in [6, 6.07) is 6.26. The smallest absolute Gasteiger partial charge is 0.435 e. The topological polar surface area (TPSA) is 75.2 Å². The molecule has 142 valence electrons. The van der Waals surface area contributed by atoms with Gasteiger partial charge in [0, 0.05) is 11.3 Å². The van der Waals surface area contributed by atoms with E-state index in [0.29, 0.717) is 34.5 Å². The number of nitrogens with zero attached hydrogens (tertiary/aromatic N) is 4. The van der Waals surface area contributed by atoms with Gasteiger partial charge in [-0.25, -0.2) is 0 Å². The second-order valence-corrected chi connectivity index (χ2v) is 6.27. The summed E-state index contributed by atoms with van der Waals surface area (Å²) in [5.74, 6) is 1.52. The minimum absolute atomic E-state index is 0.161. The fraction of sp³-hybridized carbons (Fsp3) is 0.353. The van der Waals surface area contributed by atoms with Gasteiger partial charge in [0.25, 0.3) is 0 Å². The fourth-order valence-corrected chi connectivity index (χ4v) is 2.75. The number of aryl methyl sites for hydroxylation is 1. The molecule has 7 nitrogen and oxygen atoms in total. The highest BCUT2D eigenvalue weighted by Gasteiger charge is 2.34. The van der Waals surface area contributed by atoms with Crippen molar-refractivity contribution in [3.8, 4) is 23.0 Å². The van der Waals surface area contributed by atoms with Crippen LogP contribution in [0, 0.1) is 6.92 Å². The Labute approximate surface area is 151 Å². The van der Waals surface area contributed by atoms with Crippen LogP contribution >= 0.6 is 0 Å². The molecule has 0 radical (unpaired) electrons. The van der Waals surface area contributed by atoms with E-state index in [0.717, 1.165) is 6.07 Å². The van der Waals surface area contributed by atoms with E-state index in [4.69, 9.17) is 13.9 Å². The van der Waals surface area contributed by atoms with E-state index < -0.39 is 11.9 Å². The van der Waals surface area contributed by atoms with Crippen molar-refractivity contribution in [2.24, 2.45) is 0 Å². The number of hydrogen-bond acceptors (Lipinski definition) is 6. The molecule has 0 fully saturated rings. The SMILES string of the molecule is Cc1cc(C(F)(F)F)nn1CC(C)c1nnc(-c2ccc3c(c2)OCO3)o1. The molecule has 0 N–H and O–H groups in total. The molecule has 1 atom stereocenters. The summed E-state index contributed by atoms with van der Waals surface area (Å²) in [4.78, 5) is 0. The molecule has 3 aromatic rings. The van der Waals surface area contributed by atoms with Crippen LogP contribution in [0.3, 0.4) is 0 Å². The Kier molecular flexibility index (Phi) is 4.05. The predicted octanol–water partition coefficient (Wildman–Crippen LogP) is 3.79. The molecule has 0 saturated carbocycles. The Morgan fingerprint density at radius 3 is 2.67 bits per heavy atom. The molecule has 10 heteroatoms. The molecule has 0 aliphatic carbocycles. The van der Waals surface area contributed by atoms with Gasteiger partial charge in [0.15, 0.2) is 17.2 Å². The summed E-state index contributed by atoms with van der Waals surface area (Å²) < 4.78 is 55.9. The van der Waals surface area contributed by atoms with Gasteiger partial charge >= 0.3 is 6.18 Å². The lowest BCUT2D eigenvalue weighted by atomic mass is 10.2. The molecule has 1 aliphatic rings. The molecule has 0 amide bonds. The number of rotatable bonds is 4. The molecule has 0 spiro atoms. The summed E-state index contributed by atoms with van der Waals surface area (Å²) in [5, 5.41) is 11.7. The van der Waals surface area contributed by atoms with Gasteiger partial charge in [-0.15, -0.1) is 10.2 Å². The van der Waals surface area contributed by atoms with Crippen LogP contribution in [0.1, 0.15) is 30.1 Å². The van der Waals surface area contributed by atoms with Gasteiger partial charge in [-0.3, -0.25) is 4.68 Å². The maximum Gasteiger partial charge on any atom is 0.435 e. The Bertz CT molecular complexity index is 980. The first-order valence-corrected chi connectivity index (χ1v) is 8.16. The number of aromatic nitrogens is 4. The van der Waals surface area contributed by atoms with E-state index in [-0.39, 0.29) is 19.3 Å². The Morgan fingerprint density at radius 1 is 1.15 bits per heavy atom. The zero-order valence-electron chi connectivity index (χ0n) is 14.4. The summed E-state index contributed by atoms with van der Waals surface area (Å²) in [7, 11) is 0. The van der Waals surface area contributed by atoms with Gasteiger partial charge in [0.2, 0.25) is 18.6 Å². The third kappa shape index (κ3) is 3.34. The van der Waals surface area contributed by atoms with Crippen molar-refractivity contribution in [2.45, 2.75) is 32.5 Å². The quantitative estimate of drug-likeness (QED) is 0.686. The Hall–Kier alpha value is -3.04. The molecule has 0 saturated heterocycles. The van der Waals surface area contributed by atoms with Crippen molar-refractivity contribution in [3.63, 3.8) is 0 Å². The number of fused-ring (bicyclic) bond motifs is 1. The first-order chi connectivity index (χ1) is 12.8. The lowest BCUT2D eigenvalue weighted by Crippen LogP contribution is -2.12. The number of alkyl halides is 3. The van der Waals surface area contributed by atoms with E-state index >= 15 is 0 Å². The average molecular weight is 380 g/mol. The second-order valence-electron chi connectivity index (χ2n) is 6.27. The predicted molar refractivity (Wildman–Crippen MR) is 86.2 cm³/mol. The molecule has 27 heavy (non-hydrogen) atoms. The largest absolute Gasteiger partial charge is 0.454 e. The number of hydrogen-bond donors (Lipinski definition) is 0. The zero-order valence-corrected chi connectivity index (χ0v) is 14.4. The average Bonchev–Trinajstić information content (AvgIpc) is 3.33. The van der Waals surface area contributed by atoms with Crippen LogP contribution < -0.4 is 9.47 Å². The fourth-order valence-electron chi connectivity index (χ4n) is 2.75. The van der Waals surface area contributed by atoms with E-state index in [9.17, 15) is 13.2 Å². The van der Waals surface area contributed by atoms with Gasteiger partial charge in [-0.05, 0) is 31.2 Å². The molecule has 0 bridgehead atoms. The molecule has 3 heterocycles. The first kappa shape index (κ1) is 17.4. The zero-order chi connectivity index (χ0) is 19.2. The molecular formula is C17H15F3N4O3. The van der Waals surface area contributed by atoms with Crippen LogP contribution in [-0.4, -0.2) is 26.8 Å². The van der Waals surface area contributed by atoms with Crippen LogP contribution in [-0.2, 0) is 12.7 Å². The normalized spacial score (nSPS) is 14.6. The van der Waals surface area contributed by atoms with E-state index in [1.54, 1.807) is 32.0 Å². The van der Waals surface area contributed by atoms with Crippen molar-refractivity contribution in [3.05, 3.63) is 41.5 Å². The van der Waals surface area contributed by atoms with Crippen LogP contribution in [0.25, 0.3) is 11.5 Å². The van der Waals surface area contributed by atoms with Crippen LogP contribution in [0.5, 0.6) is 11.5 Å². The van der Waals surface area contributed by atoms with Crippen LogP contribution in [0.4, 0.5) is 13.2 Å². The van der Waals surface area contributed by atoms with Crippen molar-refractivity contribution in [1.82, 2.24) is 20.0 Å². The standard InChI is InChI=1S/C17H15F3N4O3/c1-9(7-24-10(2)5-14(23-24)17(18,19)20)15-21-22-16(27-15)11-3-4-12-13(6-11)26-8-25-12/h3-6,9H,7-8H2,1-2H3. The summed E-state index contributed by atoms with van der Waals surface area (Å²) in [6.45, 7) is 3.70. The van der Waals surface area contributed by atoms with Gasteiger partial charge in [-0.2, -0.15) is 18.3 Å². The van der Waals surface area contributed by atoms with Crippen molar-refractivity contribution in [1.29, 1.82) is 0 Å². The third-order valence-electron chi connectivity index (χ3n) is 4.20. The third-order valence-corrected chi connectivity index (χ3v) is 4.20. The minimum Gasteiger partial charge on any atom is -0.454 e. The Balaban J connectivity index is 1.52. The molecule has 4 rings (SSSR count). The van der Waals surface area contributed by atoms with Crippen molar-refractivity contribution < 1.29 is 27.1 Å². The highest BCUT2D eigenvalue weighted by Crippen LogP contribution is 2.36. The van der Waals surface area contributed by atoms with Gasteiger partial charge < -0.3 is 13.9 Å². The highest BCUT2D eigenvalue weighted by atomic mass is 19.4. The van der Waals surface area contributed by atoms with Gasteiger partial charge in [0.05, 0.1) is 12.5 Å². The van der Waals surface area contributed by atoms with E-state index in [1.807, 2.05) is 0 Å². The first-order valence-electron chi connectivity index (χ1n) is 8.16. The minimum atomic E-state index is -4.48. The second kappa shape index (κ2) is 6.29. The summed E-state index contributed by atoms with van der Waals surface area (Å²) in [5.41, 5.74) is 0.156. The molecule has 1 aromatic carbocycles.